The molecule has 0 aliphatic rings. The van der Waals surface area contributed by atoms with Gasteiger partial charge in [-0.25, -0.2) is 5.43 Å². The minimum Gasteiger partial charge on any atom is -0.292 e. The summed E-state index contributed by atoms with van der Waals surface area (Å²) in [6, 6.07) is 8.57. The van der Waals surface area contributed by atoms with Crippen LogP contribution in [0.4, 0.5) is 0 Å². The van der Waals surface area contributed by atoms with Crippen molar-refractivity contribution in [2.24, 2.45) is 0 Å². The van der Waals surface area contributed by atoms with Crippen molar-refractivity contribution in [1.29, 1.82) is 0 Å². The van der Waals surface area contributed by atoms with Crippen LogP contribution in [0, 0.1) is 6.92 Å². The van der Waals surface area contributed by atoms with Crippen LogP contribution in [0.5, 0.6) is 0 Å². The van der Waals surface area contributed by atoms with Gasteiger partial charge in [-0.15, -0.1) is 0 Å². The first-order valence-electron chi connectivity index (χ1n) is 5.73. The molecular formula is C13H20N2O. The van der Waals surface area contributed by atoms with Gasteiger partial charge in [0.25, 0.3) is 0 Å². The van der Waals surface area contributed by atoms with E-state index in [0.717, 1.165) is 19.3 Å². The average Bonchev–Trinajstić information content (AvgIpc) is 2.27. The van der Waals surface area contributed by atoms with Crippen LogP contribution in [0.15, 0.2) is 24.3 Å². The Bertz CT molecular complexity index is 319. The van der Waals surface area contributed by atoms with Gasteiger partial charge >= 0.3 is 0 Å². The molecule has 0 aromatic heterocycles. The van der Waals surface area contributed by atoms with E-state index < -0.39 is 0 Å². The molecule has 2 N–H and O–H groups in total. The number of aryl methyl sites for hydroxylation is 2. The van der Waals surface area contributed by atoms with Gasteiger partial charge in [-0.2, -0.15) is 0 Å². The molecule has 88 valence electrons. The first-order chi connectivity index (χ1) is 7.72. The highest BCUT2D eigenvalue weighted by Crippen LogP contribution is 2.08. The van der Waals surface area contributed by atoms with Crippen LogP contribution in [-0.4, -0.2) is 13.0 Å². The molecule has 16 heavy (non-hydrogen) atoms. The lowest BCUT2D eigenvalue weighted by molar-refractivity contribution is -0.122. The normalized spacial score (nSPS) is 10.1. The number of rotatable bonds is 6. The number of amides is 1. The molecule has 0 heterocycles. The zero-order valence-corrected chi connectivity index (χ0v) is 10.0. The molecule has 0 aliphatic heterocycles. The lowest BCUT2D eigenvalue weighted by atomic mass is 10.1. The molecule has 3 nitrogen and oxygen atoms in total. The Morgan fingerprint density at radius 1 is 1.19 bits per heavy atom. The number of hydrogen-bond acceptors (Lipinski definition) is 2. The summed E-state index contributed by atoms with van der Waals surface area (Å²) in [4.78, 5) is 11.1. The number of nitrogens with one attached hydrogen (secondary N) is 2. The standard InChI is InChI=1S/C13H20N2O/c1-11-7-9-12(10-8-11)5-3-4-6-13(16)15-14-2/h7-10,14H,3-6H2,1-2H3,(H,15,16). The summed E-state index contributed by atoms with van der Waals surface area (Å²) < 4.78 is 0. The Hall–Kier alpha value is -1.35. The Labute approximate surface area is 97.2 Å². The SMILES string of the molecule is CNNC(=O)CCCCc1ccc(C)cc1. The Morgan fingerprint density at radius 2 is 1.88 bits per heavy atom. The predicted molar refractivity (Wildman–Crippen MR) is 65.9 cm³/mol. The van der Waals surface area contributed by atoms with Crippen LogP contribution in [0.1, 0.15) is 30.4 Å². The van der Waals surface area contributed by atoms with Gasteiger partial charge in [-0.1, -0.05) is 29.8 Å². The van der Waals surface area contributed by atoms with Crippen molar-refractivity contribution in [1.82, 2.24) is 10.9 Å². The van der Waals surface area contributed by atoms with Crippen LogP contribution in [0.2, 0.25) is 0 Å². The number of hydrazine groups is 1. The molecule has 0 fully saturated rings. The zero-order chi connectivity index (χ0) is 11.8. The molecule has 0 aliphatic carbocycles. The van der Waals surface area contributed by atoms with Crippen LogP contribution >= 0.6 is 0 Å². The lowest BCUT2D eigenvalue weighted by Crippen LogP contribution is -2.33. The summed E-state index contributed by atoms with van der Waals surface area (Å²) >= 11 is 0. The summed E-state index contributed by atoms with van der Waals surface area (Å²) in [5, 5.41) is 0. The van der Waals surface area contributed by atoms with Crippen molar-refractivity contribution in [2.75, 3.05) is 7.05 Å². The van der Waals surface area contributed by atoms with E-state index in [2.05, 4.69) is 42.0 Å². The second-order valence-corrected chi connectivity index (χ2v) is 3.99. The summed E-state index contributed by atoms with van der Waals surface area (Å²) in [6.45, 7) is 2.09. The highest BCUT2D eigenvalue weighted by molar-refractivity contribution is 5.75. The largest absolute Gasteiger partial charge is 0.292 e. The van der Waals surface area contributed by atoms with E-state index in [0.29, 0.717) is 6.42 Å². The van der Waals surface area contributed by atoms with E-state index in [1.807, 2.05) is 0 Å². The van der Waals surface area contributed by atoms with Crippen LogP contribution in [0.25, 0.3) is 0 Å². The van der Waals surface area contributed by atoms with Crippen molar-refractivity contribution in [3.8, 4) is 0 Å². The Kier molecular flexibility index (Phi) is 5.57. The number of hydrogen-bond donors (Lipinski definition) is 2. The molecule has 1 rings (SSSR count). The molecule has 0 saturated heterocycles. The molecule has 1 amide bonds. The number of benzene rings is 1. The third kappa shape index (κ3) is 4.94. The van der Waals surface area contributed by atoms with Gasteiger partial charge in [0.15, 0.2) is 0 Å². The fraction of sp³-hybridized carbons (Fsp3) is 0.462. The molecule has 0 saturated carbocycles. The molecule has 3 heteroatoms. The van der Waals surface area contributed by atoms with E-state index in [-0.39, 0.29) is 5.91 Å². The van der Waals surface area contributed by atoms with E-state index in [4.69, 9.17) is 0 Å². The minimum absolute atomic E-state index is 0.0615. The van der Waals surface area contributed by atoms with Crippen molar-refractivity contribution < 1.29 is 4.79 Å². The molecule has 0 atom stereocenters. The van der Waals surface area contributed by atoms with Gasteiger partial charge in [0.05, 0.1) is 0 Å². The minimum atomic E-state index is 0.0615. The van der Waals surface area contributed by atoms with Crippen LogP contribution in [-0.2, 0) is 11.2 Å². The Morgan fingerprint density at radius 3 is 2.50 bits per heavy atom. The number of unbranched alkanes of at least 4 members (excludes halogenated alkanes) is 1. The van der Waals surface area contributed by atoms with Gasteiger partial charge in [-0.3, -0.25) is 10.2 Å². The molecule has 0 bridgehead atoms. The highest BCUT2D eigenvalue weighted by atomic mass is 16.2. The molecule has 1 aromatic carbocycles. The smallest absolute Gasteiger partial charge is 0.234 e. The maximum absolute atomic E-state index is 11.1. The summed E-state index contributed by atoms with van der Waals surface area (Å²) in [6.07, 6.45) is 3.63. The van der Waals surface area contributed by atoms with E-state index in [1.54, 1.807) is 7.05 Å². The first kappa shape index (κ1) is 12.7. The lowest BCUT2D eigenvalue weighted by Gasteiger charge is -2.03. The van der Waals surface area contributed by atoms with Crippen molar-refractivity contribution in [3.05, 3.63) is 35.4 Å². The quantitative estimate of drug-likeness (QED) is 0.568. The molecule has 1 aromatic rings. The molecule has 0 unspecified atom stereocenters. The van der Waals surface area contributed by atoms with Gasteiger partial charge in [0.2, 0.25) is 5.91 Å². The van der Waals surface area contributed by atoms with Crippen molar-refractivity contribution in [2.45, 2.75) is 32.6 Å². The second-order valence-electron chi connectivity index (χ2n) is 3.99. The summed E-state index contributed by atoms with van der Waals surface area (Å²) in [7, 11) is 1.70. The fourth-order valence-corrected chi connectivity index (χ4v) is 1.57. The second kappa shape index (κ2) is 7.01. The van der Waals surface area contributed by atoms with Gasteiger partial charge in [0.1, 0.15) is 0 Å². The van der Waals surface area contributed by atoms with Gasteiger partial charge in [-0.05, 0) is 31.7 Å². The van der Waals surface area contributed by atoms with Crippen molar-refractivity contribution in [3.63, 3.8) is 0 Å². The average molecular weight is 220 g/mol. The maximum Gasteiger partial charge on any atom is 0.234 e. The molecule has 0 spiro atoms. The zero-order valence-electron chi connectivity index (χ0n) is 10.0. The van der Waals surface area contributed by atoms with Gasteiger partial charge < -0.3 is 0 Å². The van der Waals surface area contributed by atoms with Crippen LogP contribution in [0.3, 0.4) is 0 Å². The van der Waals surface area contributed by atoms with Gasteiger partial charge in [0, 0.05) is 13.5 Å². The van der Waals surface area contributed by atoms with E-state index >= 15 is 0 Å². The number of carbonyl (C=O) groups is 1. The summed E-state index contributed by atoms with van der Waals surface area (Å²) in [5.74, 6) is 0.0615. The maximum atomic E-state index is 11.1. The first-order valence-corrected chi connectivity index (χ1v) is 5.73. The predicted octanol–water partition coefficient (Wildman–Crippen LogP) is 1.96. The van der Waals surface area contributed by atoms with Crippen molar-refractivity contribution >= 4 is 5.91 Å². The van der Waals surface area contributed by atoms with Crippen LogP contribution < -0.4 is 10.9 Å². The third-order valence-electron chi connectivity index (χ3n) is 2.50. The van der Waals surface area contributed by atoms with E-state index in [9.17, 15) is 4.79 Å². The summed E-state index contributed by atoms with van der Waals surface area (Å²) in [5.41, 5.74) is 7.83. The third-order valence-corrected chi connectivity index (χ3v) is 2.50. The number of carbonyl (C=O) groups excluding carboxylic acids is 1. The monoisotopic (exact) mass is 220 g/mol. The highest BCUT2D eigenvalue weighted by Gasteiger charge is 1.99. The molecular weight excluding hydrogens is 200 g/mol. The Balaban J connectivity index is 2.16. The molecule has 0 radical (unpaired) electrons. The fourth-order valence-electron chi connectivity index (χ4n) is 1.57. The topological polar surface area (TPSA) is 41.1 Å². The van der Waals surface area contributed by atoms with E-state index in [1.165, 1.54) is 11.1 Å².